The average Bonchev–Trinajstić information content (AvgIpc) is 3.17. The summed E-state index contributed by atoms with van der Waals surface area (Å²) >= 11 is 0. The Morgan fingerprint density at radius 2 is 1.85 bits per heavy atom. The van der Waals surface area contributed by atoms with Gasteiger partial charge in [0.2, 0.25) is 5.88 Å². The number of anilines is 2. The number of hydrogen-bond acceptors (Lipinski definition) is 7. The van der Waals surface area contributed by atoms with Gasteiger partial charge in [0.25, 0.3) is 5.69 Å². The third-order valence-electron chi connectivity index (χ3n) is 4.30. The van der Waals surface area contributed by atoms with Crippen molar-refractivity contribution in [2.45, 2.75) is 6.92 Å². The summed E-state index contributed by atoms with van der Waals surface area (Å²) in [7, 11) is 1.79. The Labute approximate surface area is 154 Å². The fourth-order valence-corrected chi connectivity index (χ4v) is 2.80. The molecule has 0 spiro atoms. The van der Waals surface area contributed by atoms with E-state index in [2.05, 4.69) is 15.1 Å². The van der Waals surface area contributed by atoms with Crippen LogP contribution in [0.5, 0.6) is 0 Å². The first-order valence-electron chi connectivity index (χ1n) is 8.19. The number of aryl methyl sites for hydroxylation is 1. The van der Waals surface area contributed by atoms with Crippen LogP contribution in [0, 0.1) is 17.0 Å². The van der Waals surface area contributed by atoms with Gasteiger partial charge in [0.1, 0.15) is 17.8 Å². The van der Waals surface area contributed by atoms with Gasteiger partial charge in [-0.2, -0.15) is 0 Å². The molecule has 0 aliphatic rings. The normalized spacial score (nSPS) is 10.9. The average molecular weight is 361 g/mol. The molecule has 0 bridgehead atoms. The van der Waals surface area contributed by atoms with Crippen molar-refractivity contribution in [3.8, 4) is 11.3 Å². The summed E-state index contributed by atoms with van der Waals surface area (Å²) in [5, 5.41) is 15.8. The van der Waals surface area contributed by atoms with Crippen molar-refractivity contribution in [1.29, 1.82) is 0 Å². The van der Waals surface area contributed by atoms with E-state index in [1.807, 2.05) is 37.3 Å². The van der Waals surface area contributed by atoms with Gasteiger partial charge in [0, 0.05) is 36.2 Å². The number of rotatable bonds is 4. The molecule has 2 aromatic heterocycles. The predicted molar refractivity (Wildman–Crippen MR) is 101 cm³/mol. The highest BCUT2D eigenvalue weighted by molar-refractivity contribution is 5.92. The van der Waals surface area contributed by atoms with Crippen LogP contribution in [0.15, 0.2) is 59.4 Å². The maximum absolute atomic E-state index is 11.0. The van der Waals surface area contributed by atoms with Crippen molar-refractivity contribution in [3.05, 3.63) is 70.5 Å². The first kappa shape index (κ1) is 16.6. The van der Waals surface area contributed by atoms with Gasteiger partial charge in [-0.05, 0) is 13.0 Å². The molecule has 0 unspecified atom stereocenters. The molecule has 0 atom stereocenters. The molecule has 0 aliphatic heterocycles. The second-order valence-electron chi connectivity index (χ2n) is 6.13. The van der Waals surface area contributed by atoms with Gasteiger partial charge in [-0.25, -0.2) is 9.97 Å². The molecule has 0 saturated heterocycles. The van der Waals surface area contributed by atoms with E-state index in [4.69, 9.17) is 4.52 Å². The molecule has 0 aliphatic carbocycles. The molecular weight excluding hydrogens is 346 g/mol. The highest BCUT2D eigenvalue weighted by Crippen LogP contribution is 2.32. The molecule has 8 nitrogen and oxygen atoms in total. The van der Waals surface area contributed by atoms with Gasteiger partial charge < -0.3 is 4.52 Å². The van der Waals surface area contributed by atoms with Crippen LogP contribution in [0.2, 0.25) is 0 Å². The van der Waals surface area contributed by atoms with Crippen LogP contribution < -0.4 is 4.90 Å². The van der Waals surface area contributed by atoms with Crippen LogP contribution in [-0.4, -0.2) is 27.1 Å². The fourth-order valence-electron chi connectivity index (χ4n) is 2.80. The smallest absolute Gasteiger partial charge is 0.271 e. The molecule has 4 aromatic rings. The van der Waals surface area contributed by atoms with Crippen molar-refractivity contribution in [2.75, 3.05) is 11.9 Å². The van der Waals surface area contributed by atoms with Gasteiger partial charge in [-0.3, -0.25) is 15.0 Å². The molecule has 0 saturated carbocycles. The van der Waals surface area contributed by atoms with Gasteiger partial charge in [-0.15, -0.1) is 0 Å². The van der Waals surface area contributed by atoms with Crippen LogP contribution in [0.25, 0.3) is 22.2 Å². The molecule has 2 heterocycles. The van der Waals surface area contributed by atoms with Crippen LogP contribution in [0.1, 0.15) is 5.56 Å². The van der Waals surface area contributed by atoms with E-state index in [9.17, 15) is 10.1 Å². The predicted octanol–water partition coefficient (Wildman–Crippen LogP) is 4.27. The fraction of sp³-hybridized carbons (Fsp3) is 0.105. The molecule has 134 valence electrons. The topological polar surface area (TPSA) is 98.2 Å². The van der Waals surface area contributed by atoms with Gasteiger partial charge in [0.05, 0.1) is 10.4 Å². The highest BCUT2D eigenvalue weighted by Gasteiger charge is 2.17. The third kappa shape index (κ3) is 3.08. The van der Waals surface area contributed by atoms with E-state index in [0.717, 1.165) is 5.56 Å². The van der Waals surface area contributed by atoms with Crippen LogP contribution >= 0.6 is 0 Å². The molecule has 0 amide bonds. The molecule has 2 aromatic carbocycles. The zero-order chi connectivity index (χ0) is 19.0. The number of fused-ring (bicyclic) bond motifs is 1. The zero-order valence-electron chi connectivity index (χ0n) is 14.7. The second-order valence-corrected chi connectivity index (χ2v) is 6.13. The number of hydrogen-bond donors (Lipinski definition) is 0. The van der Waals surface area contributed by atoms with Crippen molar-refractivity contribution in [1.82, 2.24) is 15.1 Å². The van der Waals surface area contributed by atoms with Gasteiger partial charge in [-0.1, -0.05) is 35.0 Å². The number of nitro benzene ring substituents is 1. The van der Waals surface area contributed by atoms with Gasteiger partial charge >= 0.3 is 0 Å². The lowest BCUT2D eigenvalue weighted by atomic mass is 10.1. The molecule has 0 N–H and O–H groups in total. The van der Waals surface area contributed by atoms with E-state index in [1.54, 1.807) is 18.0 Å². The Bertz CT molecular complexity index is 1140. The van der Waals surface area contributed by atoms with Crippen LogP contribution in [0.4, 0.5) is 17.4 Å². The summed E-state index contributed by atoms with van der Waals surface area (Å²) < 4.78 is 5.48. The summed E-state index contributed by atoms with van der Waals surface area (Å²) in [6.07, 6.45) is 1.37. The summed E-state index contributed by atoms with van der Waals surface area (Å²) in [5.41, 5.74) is 3.30. The minimum absolute atomic E-state index is 0.0175. The summed E-state index contributed by atoms with van der Waals surface area (Å²) in [6.45, 7) is 2.02. The lowest BCUT2D eigenvalue weighted by Gasteiger charge is -2.15. The number of non-ortho nitro benzene ring substituents is 1. The first-order chi connectivity index (χ1) is 13.0. The Hall–Kier alpha value is -3.81. The van der Waals surface area contributed by atoms with E-state index in [1.165, 1.54) is 24.0 Å². The van der Waals surface area contributed by atoms with Crippen molar-refractivity contribution < 1.29 is 9.45 Å². The Kier molecular flexibility index (Phi) is 4.00. The highest BCUT2D eigenvalue weighted by atomic mass is 16.6. The molecular formula is C19H15N5O3. The van der Waals surface area contributed by atoms with Crippen molar-refractivity contribution in [2.24, 2.45) is 0 Å². The summed E-state index contributed by atoms with van der Waals surface area (Å²) in [6, 6.07) is 14.3. The minimum atomic E-state index is -0.449. The molecule has 4 rings (SSSR count). The van der Waals surface area contributed by atoms with Crippen LogP contribution in [0.3, 0.4) is 0 Å². The molecule has 0 fully saturated rings. The summed E-state index contributed by atoms with van der Waals surface area (Å²) in [4.78, 5) is 20.7. The van der Waals surface area contributed by atoms with E-state index in [-0.39, 0.29) is 5.69 Å². The lowest BCUT2D eigenvalue weighted by Crippen LogP contribution is -2.11. The Balaban J connectivity index is 1.72. The second kappa shape index (κ2) is 6.49. The SMILES string of the molecule is Cc1ccc(-c2cc(N(C)c3ncnc4cc([N+](=O)[O-])ccc34)on2)cc1. The van der Waals surface area contributed by atoms with Gasteiger partial charge in [0.15, 0.2) is 0 Å². The number of nitrogens with zero attached hydrogens (tertiary/aromatic N) is 5. The standard InChI is InChI=1S/C19H15N5O3/c1-12-3-5-13(6-4-12)16-10-18(27-22-16)23(2)19-15-8-7-14(24(25)26)9-17(15)20-11-21-19/h3-11H,1-2H3. The molecule has 0 radical (unpaired) electrons. The minimum Gasteiger partial charge on any atom is -0.338 e. The quantitative estimate of drug-likeness (QED) is 0.395. The summed E-state index contributed by atoms with van der Waals surface area (Å²) in [5.74, 6) is 1.07. The first-order valence-corrected chi connectivity index (χ1v) is 8.19. The zero-order valence-corrected chi connectivity index (χ0v) is 14.7. The Morgan fingerprint density at radius 1 is 1.07 bits per heavy atom. The van der Waals surface area contributed by atoms with E-state index in [0.29, 0.717) is 28.3 Å². The molecule has 27 heavy (non-hydrogen) atoms. The van der Waals surface area contributed by atoms with E-state index >= 15 is 0 Å². The monoisotopic (exact) mass is 361 g/mol. The van der Waals surface area contributed by atoms with Crippen molar-refractivity contribution in [3.63, 3.8) is 0 Å². The maximum Gasteiger partial charge on any atom is 0.271 e. The van der Waals surface area contributed by atoms with Crippen LogP contribution in [-0.2, 0) is 0 Å². The molecule has 8 heteroatoms. The third-order valence-corrected chi connectivity index (χ3v) is 4.30. The van der Waals surface area contributed by atoms with E-state index < -0.39 is 4.92 Å². The number of benzene rings is 2. The largest absolute Gasteiger partial charge is 0.338 e. The van der Waals surface area contributed by atoms with Crippen molar-refractivity contribution >= 4 is 28.3 Å². The maximum atomic E-state index is 11.0. The lowest BCUT2D eigenvalue weighted by molar-refractivity contribution is -0.384. The number of nitro groups is 1. The Morgan fingerprint density at radius 3 is 2.59 bits per heavy atom. The number of aromatic nitrogens is 3.